The van der Waals surface area contributed by atoms with Crippen molar-refractivity contribution in [3.8, 4) is 11.3 Å². The topological polar surface area (TPSA) is 81.9 Å². The molecule has 6 rings (SSSR count). The number of piperazine rings is 1. The molecule has 0 spiro atoms. The number of aryl methyl sites for hydroxylation is 1. The first kappa shape index (κ1) is 23.3. The van der Waals surface area contributed by atoms with E-state index in [9.17, 15) is 4.79 Å². The summed E-state index contributed by atoms with van der Waals surface area (Å²) >= 11 is 0. The molecular formula is C28H32N8O. The summed E-state index contributed by atoms with van der Waals surface area (Å²) in [5.41, 5.74) is 4.99. The van der Waals surface area contributed by atoms with Gasteiger partial charge >= 0.3 is 0 Å². The van der Waals surface area contributed by atoms with Crippen molar-refractivity contribution in [1.82, 2.24) is 24.3 Å². The third kappa shape index (κ3) is 4.69. The highest BCUT2D eigenvalue weighted by Crippen LogP contribution is 2.31. The number of nitrogens with zero attached hydrogens (tertiary/aromatic N) is 7. The van der Waals surface area contributed by atoms with Crippen molar-refractivity contribution < 1.29 is 4.79 Å². The Labute approximate surface area is 216 Å². The number of rotatable bonds is 6. The van der Waals surface area contributed by atoms with Gasteiger partial charge in [-0.25, -0.2) is 9.97 Å². The number of benzene rings is 1. The Kier molecular flexibility index (Phi) is 6.34. The second-order valence-electron chi connectivity index (χ2n) is 9.72. The molecule has 5 heterocycles. The van der Waals surface area contributed by atoms with Crippen LogP contribution in [-0.4, -0.2) is 76.0 Å². The number of amides is 1. The predicted molar refractivity (Wildman–Crippen MR) is 146 cm³/mol. The van der Waals surface area contributed by atoms with E-state index < -0.39 is 0 Å². The minimum Gasteiger partial charge on any atom is -0.372 e. The third-order valence-corrected chi connectivity index (χ3v) is 7.36. The number of carbonyl (C=O) groups is 1. The van der Waals surface area contributed by atoms with Crippen molar-refractivity contribution >= 4 is 28.9 Å². The van der Waals surface area contributed by atoms with Gasteiger partial charge in [0.1, 0.15) is 17.3 Å². The quantitative estimate of drug-likeness (QED) is 0.438. The summed E-state index contributed by atoms with van der Waals surface area (Å²) in [4.78, 5) is 33.4. The van der Waals surface area contributed by atoms with Crippen LogP contribution in [0.2, 0.25) is 0 Å². The third-order valence-electron chi connectivity index (χ3n) is 7.36. The van der Waals surface area contributed by atoms with Crippen LogP contribution in [0.1, 0.15) is 18.4 Å². The van der Waals surface area contributed by atoms with Gasteiger partial charge in [-0.15, -0.1) is 0 Å². The molecule has 2 fully saturated rings. The zero-order valence-electron chi connectivity index (χ0n) is 21.2. The highest BCUT2D eigenvalue weighted by molar-refractivity contribution is 5.84. The molecule has 2 aliphatic heterocycles. The number of nitrogens with one attached hydrogen (secondary N) is 1. The van der Waals surface area contributed by atoms with Crippen LogP contribution in [0.15, 0.2) is 61.2 Å². The van der Waals surface area contributed by atoms with Gasteiger partial charge in [0.25, 0.3) is 0 Å². The van der Waals surface area contributed by atoms with Gasteiger partial charge in [-0.05, 0) is 43.5 Å². The molecule has 1 aromatic carbocycles. The average Bonchev–Trinajstić information content (AvgIpc) is 3.61. The molecule has 2 aliphatic rings. The van der Waals surface area contributed by atoms with Crippen LogP contribution >= 0.6 is 0 Å². The van der Waals surface area contributed by atoms with Crippen LogP contribution in [0.5, 0.6) is 0 Å². The number of hydrogen-bond donors (Lipinski definition) is 1. The van der Waals surface area contributed by atoms with E-state index in [2.05, 4.69) is 62.3 Å². The van der Waals surface area contributed by atoms with E-state index >= 15 is 0 Å². The fraction of sp³-hybridized carbons (Fsp3) is 0.357. The molecule has 0 radical (unpaired) electrons. The summed E-state index contributed by atoms with van der Waals surface area (Å²) in [5.74, 6) is 1.90. The largest absolute Gasteiger partial charge is 0.372 e. The lowest BCUT2D eigenvalue weighted by atomic mass is 10.1. The van der Waals surface area contributed by atoms with E-state index in [0.717, 1.165) is 60.3 Å². The molecule has 0 aliphatic carbocycles. The fourth-order valence-corrected chi connectivity index (χ4v) is 5.33. The molecule has 4 aromatic rings. The van der Waals surface area contributed by atoms with Gasteiger partial charge in [0.05, 0.1) is 12.7 Å². The minimum atomic E-state index is 0.0803. The number of aromatic nitrogens is 4. The molecule has 1 amide bonds. The summed E-state index contributed by atoms with van der Waals surface area (Å²) in [5, 5.41) is 3.40. The molecule has 0 unspecified atom stereocenters. The maximum Gasteiger partial charge on any atom is 0.242 e. The van der Waals surface area contributed by atoms with E-state index in [-0.39, 0.29) is 12.5 Å². The molecule has 190 valence electrons. The normalized spacial score (nSPS) is 16.0. The average molecular weight is 497 g/mol. The first-order chi connectivity index (χ1) is 18.2. The van der Waals surface area contributed by atoms with Crippen LogP contribution in [0, 0.1) is 6.92 Å². The number of hydrogen-bond acceptors (Lipinski definition) is 7. The number of carbonyl (C=O) groups excluding carboxylic acids is 1. The van der Waals surface area contributed by atoms with E-state index in [1.54, 1.807) is 12.4 Å². The van der Waals surface area contributed by atoms with E-state index in [0.29, 0.717) is 13.1 Å². The summed E-state index contributed by atoms with van der Waals surface area (Å²) in [6, 6.07) is 12.6. The summed E-state index contributed by atoms with van der Waals surface area (Å²) in [6.45, 7) is 7.42. The monoisotopic (exact) mass is 496 g/mol. The Balaban J connectivity index is 1.16. The minimum absolute atomic E-state index is 0.0803. The van der Waals surface area contributed by atoms with Crippen LogP contribution in [0.3, 0.4) is 0 Å². The second-order valence-corrected chi connectivity index (χ2v) is 9.72. The highest BCUT2D eigenvalue weighted by Gasteiger charge is 2.23. The van der Waals surface area contributed by atoms with Crippen molar-refractivity contribution in [3.05, 3.63) is 66.7 Å². The van der Waals surface area contributed by atoms with Crippen molar-refractivity contribution in [2.45, 2.75) is 19.8 Å². The van der Waals surface area contributed by atoms with Crippen molar-refractivity contribution in [2.75, 3.05) is 60.9 Å². The zero-order valence-corrected chi connectivity index (χ0v) is 21.2. The Morgan fingerprint density at radius 2 is 1.73 bits per heavy atom. The fourth-order valence-electron chi connectivity index (χ4n) is 5.33. The Bertz CT molecular complexity index is 1390. The molecule has 0 atom stereocenters. The maximum atomic E-state index is 13.2. The van der Waals surface area contributed by atoms with Gasteiger partial charge in [-0.3, -0.25) is 14.2 Å². The van der Waals surface area contributed by atoms with E-state index in [1.807, 2.05) is 27.8 Å². The summed E-state index contributed by atoms with van der Waals surface area (Å²) in [6.07, 6.45) is 9.69. The van der Waals surface area contributed by atoms with E-state index in [4.69, 9.17) is 4.98 Å². The second kappa shape index (κ2) is 10.1. The van der Waals surface area contributed by atoms with Gasteiger partial charge in [0.15, 0.2) is 5.65 Å². The van der Waals surface area contributed by atoms with Gasteiger partial charge in [0.2, 0.25) is 5.91 Å². The number of anilines is 3. The van der Waals surface area contributed by atoms with Crippen LogP contribution in [0.4, 0.5) is 17.3 Å². The van der Waals surface area contributed by atoms with Crippen molar-refractivity contribution in [1.29, 1.82) is 0 Å². The molecule has 0 saturated carbocycles. The lowest BCUT2D eigenvalue weighted by Crippen LogP contribution is -2.50. The molecular weight excluding hydrogens is 464 g/mol. The molecule has 37 heavy (non-hydrogen) atoms. The maximum absolute atomic E-state index is 13.2. The Morgan fingerprint density at radius 1 is 0.946 bits per heavy atom. The molecule has 1 N–H and O–H groups in total. The SMILES string of the molecule is Cc1cccnc1N1CCN(C(=O)CNc2c(-c3ccc(N4CCCC4)cc3)nc3cnccn23)CC1. The lowest BCUT2D eigenvalue weighted by Gasteiger charge is -2.36. The Hall–Kier alpha value is -4.14. The predicted octanol–water partition coefficient (Wildman–Crippen LogP) is 3.46. The van der Waals surface area contributed by atoms with Gasteiger partial charge in [-0.2, -0.15) is 0 Å². The smallest absolute Gasteiger partial charge is 0.242 e. The standard InChI is InChI=1S/C28H32N8O/c1-21-5-4-10-30-27(21)35-17-15-34(16-18-35)25(37)20-31-28-26(32-24-19-29-11-14-36(24)28)22-6-8-23(9-7-22)33-12-2-3-13-33/h4-11,14,19,31H,2-3,12-13,15-18,20H2,1H3. The summed E-state index contributed by atoms with van der Waals surface area (Å²) in [7, 11) is 0. The van der Waals surface area contributed by atoms with Crippen LogP contribution in [-0.2, 0) is 4.79 Å². The number of fused-ring (bicyclic) bond motifs is 1. The van der Waals surface area contributed by atoms with Crippen molar-refractivity contribution in [2.24, 2.45) is 0 Å². The van der Waals surface area contributed by atoms with Gasteiger partial charge in [-0.1, -0.05) is 18.2 Å². The number of pyridine rings is 1. The van der Waals surface area contributed by atoms with Crippen LogP contribution < -0.4 is 15.1 Å². The molecule has 0 bridgehead atoms. The Morgan fingerprint density at radius 3 is 2.49 bits per heavy atom. The first-order valence-corrected chi connectivity index (χ1v) is 13.0. The summed E-state index contributed by atoms with van der Waals surface area (Å²) < 4.78 is 1.96. The molecule has 2 saturated heterocycles. The van der Waals surface area contributed by atoms with Crippen LogP contribution in [0.25, 0.3) is 16.9 Å². The molecule has 9 nitrogen and oxygen atoms in total. The van der Waals surface area contributed by atoms with Crippen molar-refractivity contribution in [3.63, 3.8) is 0 Å². The van der Waals surface area contributed by atoms with Gasteiger partial charge in [0, 0.05) is 69.1 Å². The molecule has 9 heteroatoms. The first-order valence-electron chi connectivity index (χ1n) is 13.0. The molecule has 3 aromatic heterocycles. The van der Waals surface area contributed by atoms with E-state index in [1.165, 1.54) is 18.5 Å². The van der Waals surface area contributed by atoms with Gasteiger partial charge < -0.3 is 20.0 Å². The lowest BCUT2D eigenvalue weighted by molar-refractivity contribution is -0.129. The number of imidazole rings is 1. The zero-order chi connectivity index (χ0) is 25.2. The highest BCUT2D eigenvalue weighted by atomic mass is 16.2.